The number of nitrogens with zero attached hydrogens (tertiary/aromatic N) is 1. The lowest BCUT2D eigenvalue weighted by Crippen LogP contribution is -2.45. The highest BCUT2D eigenvalue weighted by Crippen LogP contribution is 2.28. The van der Waals surface area contributed by atoms with Gasteiger partial charge in [0.1, 0.15) is 12.4 Å². The first-order valence-corrected chi connectivity index (χ1v) is 7.66. The Bertz CT molecular complexity index is 638. The van der Waals surface area contributed by atoms with Crippen LogP contribution in [-0.4, -0.2) is 51.3 Å². The Kier molecular flexibility index (Phi) is 5.81. The molecule has 1 heterocycles. The van der Waals surface area contributed by atoms with Crippen LogP contribution in [0.3, 0.4) is 0 Å². The monoisotopic (exact) mass is 333 g/mol. The average Bonchev–Trinajstić information content (AvgIpc) is 2.53. The molecular formula is C17H23N3O4. The minimum absolute atomic E-state index is 0.284. The summed E-state index contributed by atoms with van der Waals surface area (Å²) in [7, 11) is 5.39. The van der Waals surface area contributed by atoms with Gasteiger partial charge in [-0.15, -0.1) is 0 Å². The molecule has 0 radical (unpaired) electrons. The number of hydrogen-bond donors (Lipinski definition) is 2. The first kappa shape index (κ1) is 17.8. The number of carbonyl (C=O) groups is 2. The van der Waals surface area contributed by atoms with Crippen molar-refractivity contribution in [1.29, 1.82) is 0 Å². The summed E-state index contributed by atoms with van der Waals surface area (Å²) in [6, 6.07) is 6.29. The van der Waals surface area contributed by atoms with Crippen molar-refractivity contribution in [3.05, 3.63) is 41.1 Å². The molecular weight excluding hydrogens is 310 g/mol. The molecule has 1 atom stereocenters. The zero-order chi connectivity index (χ0) is 17.7. The maximum atomic E-state index is 12.5. The third-order valence-corrected chi connectivity index (χ3v) is 3.71. The van der Waals surface area contributed by atoms with Gasteiger partial charge in [0, 0.05) is 12.2 Å². The molecule has 7 heteroatoms. The van der Waals surface area contributed by atoms with E-state index >= 15 is 0 Å². The maximum Gasteiger partial charge on any atom is 0.338 e. The number of nitrogens with one attached hydrogen (secondary N) is 2. The number of ether oxygens (including phenoxy) is 2. The Morgan fingerprint density at radius 3 is 2.50 bits per heavy atom. The van der Waals surface area contributed by atoms with Crippen LogP contribution in [0.4, 0.5) is 4.79 Å². The predicted molar refractivity (Wildman–Crippen MR) is 89.6 cm³/mol. The number of likely N-dealkylation sites (N-methyl/N-ethyl adjacent to an activating group) is 1. The van der Waals surface area contributed by atoms with E-state index in [1.165, 1.54) is 0 Å². The first-order valence-electron chi connectivity index (χ1n) is 7.66. The summed E-state index contributed by atoms with van der Waals surface area (Å²) >= 11 is 0. The van der Waals surface area contributed by atoms with Gasteiger partial charge >= 0.3 is 12.0 Å². The van der Waals surface area contributed by atoms with Gasteiger partial charge in [-0.2, -0.15) is 0 Å². The van der Waals surface area contributed by atoms with E-state index in [4.69, 9.17) is 9.47 Å². The molecule has 7 nitrogen and oxygen atoms in total. The molecule has 0 saturated carbocycles. The molecule has 0 bridgehead atoms. The van der Waals surface area contributed by atoms with E-state index in [9.17, 15) is 9.59 Å². The topological polar surface area (TPSA) is 79.9 Å². The molecule has 2 amide bonds. The Balaban J connectivity index is 2.24. The summed E-state index contributed by atoms with van der Waals surface area (Å²) < 4.78 is 10.5. The van der Waals surface area contributed by atoms with Gasteiger partial charge in [-0.3, -0.25) is 0 Å². The number of amides is 2. The zero-order valence-electron chi connectivity index (χ0n) is 14.4. The predicted octanol–water partition coefficient (Wildman–Crippen LogP) is 1.43. The maximum absolute atomic E-state index is 12.5. The second-order valence-corrected chi connectivity index (χ2v) is 5.78. The molecule has 0 saturated heterocycles. The fraction of sp³-hybridized carbons (Fsp3) is 0.412. The molecule has 130 valence electrons. The van der Waals surface area contributed by atoms with Crippen LogP contribution >= 0.6 is 0 Å². The first-order chi connectivity index (χ1) is 11.4. The molecule has 2 N–H and O–H groups in total. The Morgan fingerprint density at radius 2 is 1.92 bits per heavy atom. The zero-order valence-corrected chi connectivity index (χ0v) is 14.4. The summed E-state index contributed by atoms with van der Waals surface area (Å²) in [5.74, 6) is 0.262. The van der Waals surface area contributed by atoms with E-state index in [1.54, 1.807) is 26.2 Å². The van der Waals surface area contributed by atoms with Crippen LogP contribution in [-0.2, 0) is 9.53 Å². The number of methoxy groups -OCH3 is 1. The number of urea groups is 1. The summed E-state index contributed by atoms with van der Waals surface area (Å²) in [6.45, 7) is 2.61. The number of allylic oxidation sites excluding steroid dienone is 1. The van der Waals surface area contributed by atoms with Crippen molar-refractivity contribution in [2.24, 2.45) is 0 Å². The van der Waals surface area contributed by atoms with Crippen molar-refractivity contribution >= 4 is 12.0 Å². The van der Waals surface area contributed by atoms with E-state index in [1.807, 2.05) is 31.1 Å². The van der Waals surface area contributed by atoms with Gasteiger partial charge in [-0.25, -0.2) is 9.59 Å². The van der Waals surface area contributed by atoms with E-state index in [0.29, 0.717) is 23.6 Å². The van der Waals surface area contributed by atoms with Gasteiger partial charge in [-0.05, 0) is 38.7 Å². The Hall–Kier alpha value is -2.54. The molecule has 24 heavy (non-hydrogen) atoms. The van der Waals surface area contributed by atoms with E-state index in [-0.39, 0.29) is 12.6 Å². The largest absolute Gasteiger partial charge is 0.497 e. The van der Waals surface area contributed by atoms with Gasteiger partial charge < -0.3 is 25.0 Å². The molecule has 1 aliphatic heterocycles. The van der Waals surface area contributed by atoms with Crippen LogP contribution < -0.4 is 15.4 Å². The molecule has 0 aromatic heterocycles. The van der Waals surface area contributed by atoms with E-state index < -0.39 is 12.0 Å². The van der Waals surface area contributed by atoms with Gasteiger partial charge in [0.05, 0.1) is 18.7 Å². The van der Waals surface area contributed by atoms with Crippen molar-refractivity contribution in [2.75, 3.05) is 34.4 Å². The summed E-state index contributed by atoms with van der Waals surface area (Å²) in [5.41, 5.74) is 1.68. The molecule has 1 aromatic rings. The van der Waals surface area contributed by atoms with Crippen LogP contribution in [0.1, 0.15) is 18.5 Å². The number of carbonyl (C=O) groups excluding carboxylic acids is 2. The number of benzene rings is 1. The fourth-order valence-corrected chi connectivity index (χ4v) is 2.41. The van der Waals surface area contributed by atoms with Crippen LogP contribution in [0.2, 0.25) is 0 Å². The van der Waals surface area contributed by atoms with Crippen LogP contribution in [0.25, 0.3) is 0 Å². The summed E-state index contributed by atoms with van der Waals surface area (Å²) in [6.07, 6.45) is 0. The molecule has 1 unspecified atom stereocenters. The van der Waals surface area contributed by atoms with Gasteiger partial charge in [-0.1, -0.05) is 12.1 Å². The average molecular weight is 333 g/mol. The third kappa shape index (κ3) is 4.26. The standard InChI is InChI=1S/C17H23N3O4/c1-11-14(16(21)24-10-9-20(2)3)15(19-17(22)18-11)12-5-7-13(23-4)8-6-12/h5-8,15H,9-10H2,1-4H3,(H2,18,19,22). The van der Waals surface area contributed by atoms with Crippen LogP contribution in [0, 0.1) is 0 Å². The Labute approximate surface area is 141 Å². The minimum Gasteiger partial charge on any atom is -0.497 e. The van der Waals surface area contributed by atoms with Crippen molar-refractivity contribution in [3.63, 3.8) is 0 Å². The second kappa shape index (κ2) is 7.83. The normalized spacial score (nSPS) is 17.4. The second-order valence-electron chi connectivity index (χ2n) is 5.78. The minimum atomic E-state index is -0.559. The molecule has 0 aliphatic carbocycles. The lowest BCUT2D eigenvalue weighted by atomic mass is 9.95. The summed E-state index contributed by atoms with van der Waals surface area (Å²) in [4.78, 5) is 26.2. The highest BCUT2D eigenvalue weighted by atomic mass is 16.5. The van der Waals surface area contributed by atoms with Crippen LogP contribution in [0.5, 0.6) is 5.75 Å². The smallest absolute Gasteiger partial charge is 0.338 e. The molecule has 2 rings (SSSR count). The number of rotatable bonds is 6. The molecule has 0 fully saturated rings. The fourth-order valence-electron chi connectivity index (χ4n) is 2.41. The lowest BCUT2D eigenvalue weighted by Gasteiger charge is -2.28. The van der Waals surface area contributed by atoms with Crippen molar-refractivity contribution in [1.82, 2.24) is 15.5 Å². The van der Waals surface area contributed by atoms with Crippen molar-refractivity contribution in [3.8, 4) is 5.75 Å². The SMILES string of the molecule is COc1ccc(C2NC(=O)NC(C)=C2C(=O)OCCN(C)C)cc1. The molecule has 0 spiro atoms. The van der Waals surface area contributed by atoms with Gasteiger partial charge in [0.2, 0.25) is 0 Å². The molecule has 1 aromatic carbocycles. The van der Waals surface area contributed by atoms with Gasteiger partial charge in [0.25, 0.3) is 0 Å². The number of esters is 1. The third-order valence-electron chi connectivity index (χ3n) is 3.71. The van der Waals surface area contributed by atoms with Crippen LogP contribution in [0.15, 0.2) is 35.5 Å². The van der Waals surface area contributed by atoms with Crippen molar-refractivity contribution in [2.45, 2.75) is 13.0 Å². The van der Waals surface area contributed by atoms with Gasteiger partial charge in [0.15, 0.2) is 0 Å². The van der Waals surface area contributed by atoms with E-state index in [2.05, 4.69) is 10.6 Å². The lowest BCUT2D eigenvalue weighted by molar-refractivity contribution is -0.139. The summed E-state index contributed by atoms with van der Waals surface area (Å²) in [5, 5.41) is 5.40. The highest BCUT2D eigenvalue weighted by Gasteiger charge is 2.32. The quantitative estimate of drug-likeness (QED) is 0.770. The van der Waals surface area contributed by atoms with E-state index in [0.717, 1.165) is 5.56 Å². The Morgan fingerprint density at radius 1 is 1.25 bits per heavy atom. The van der Waals surface area contributed by atoms with Crippen molar-refractivity contribution < 1.29 is 19.1 Å². The highest BCUT2D eigenvalue weighted by molar-refractivity contribution is 5.95. The molecule has 1 aliphatic rings. The number of hydrogen-bond acceptors (Lipinski definition) is 5.